The van der Waals surface area contributed by atoms with E-state index in [4.69, 9.17) is 31.0 Å². The minimum absolute atomic E-state index is 0.0351. The second-order valence-corrected chi connectivity index (χ2v) is 12.0. The van der Waals surface area contributed by atoms with Crippen molar-refractivity contribution in [2.75, 3.05) is 25.7 Å². The molecule has 0 amide bonds. The maximum Gasteiger partial charge on any atom is 0.281 e. The molecule has 0 N–H and O–H groups in total. The lowest BCUT2D eigenvalue weighted by molar-refractivity contribution is -0.120. The number of thiazole rings is 1. The fourth-order valence-corrected chi connectivity index (χ4v) is 6.78. The summed E-state index contributed by atoms with van der Waals surface area (Å²) in [5.74, 6) is 0.790. The number of hydrogen-bond donors (Lipinski definition) is 0. The van der Waals surface area contributed by atoms with E-state index in [1.165, 1.54) is 41.2 Å². The Hall–Kier alpha value is -4.28. The van der Waals surface area contributed by atoms with Crippen LogP contribution in [0.4, 0.5) is 9.52 Å². The average Bonchev–Trinajstić information content (AvgIpc) is 3.71. The molecule has 0 radical (unpaired) electrons. The van der Waals surface area contributed by atoms with Gasteiger partial charge in [0.1, 0.15) is 23.1 Å². The van der Waals surface area contributed by atoms with Crippen molar-refractivity contribution < 1.29 is 18.7 Å². The summed E-state index contributed by atoms with van der Waals surface area (Å²) >= 11 is 7.49. The Labute approximate surface area is 262 Å². The Morgan fingerprint density at radius 3 is 2.66 bits per heavy atom. The van der Waals surface area contributed by atoms with E-state index >= 15 is 4.39 Å². The average molecular weight is 633 g/mol. The number of benzene rings is 3. The van der Waals surface area contributed by atoms with Crippen LogP contribution >= 0.6 is 22.9 Å². The third-order valence-corrected chi connectivity index (χ3v) is 9.10. The number of ketones is 1. The molecule has 2 aromatic heterocycles. The first-order valence-corrected chi connectivity index (χ1v) is 15.5. The van der Waals surface area contributed by atoms with Gasteiger partial charge in [0.25, 0.3) is 5.56 Å². The van der Waals surface area contributed by atoms with Crippen molar-refractivity contribution in [2.24, 2.45) is 0 Å². The summed E-state index contributed by atoms with van der Waals surface area (Å²) < 4.78 is 27.5. The lowest BCUT2D eigenvalue weighted by Gasteiger charge is -2.22. The quantitative estimate of drug-likeness (QED) is 0.173. The standard InChI is InChI=1S/C33H30ClFN4O4S/c1-42-23-13-11-21(28(18-23)43-2)19-39-30(24-17-22(34)12-14-25(24)35)37-31-29(32(39)41)36-33(44-31)38-16-6-9-26(38)27(40)15-10-20-7-4-3-5-8-20/h3-5,7-8,11-14,17-18,26H,6,9-10,15-16,19H2,1-2H3/t26-/m1/s1. The summed E-state index contributed by atoms with van der Waals surface area (Å²) in [4.78, 5) is 39.3. The van der Waals surface area contributed by atoms with Crippen LogP contribution < -0.4 is 19.9 Å². The highest BCUT2D eigenvalue weighted by Crippen LogP contribution is 2.35. The number of carbonyl (C=O) groups excluding carboxylic acids is 1. The number of hydrogen-bond acceptors (Lipinski definition) is 8. The first-order valence-electron chi connectivity index (χ1n) is 14.3. The molecule has 1 saturated heterocycles. The summed E-state index contributed by atoms with van der Waals surface area (Å²) in [5, 5.41) is 0.862. The van der Waals surface area contributed by atoms with Crippen LogP contribution in [-0.4, -0.2) is 47.1 Å². The lowest BCUT2D eigenvalue weighted by atomic mass is 10.0. The lowest BCUT2D eigenvalue weighted by Crippen LogP contribution is -2.36. The molecule has 0 saturated carbocycles. The predicted molar refractivity (Wildman–Crippen MR) is 171 cm³/mol. The molecule has 1 aliphatic rings. The van der Waals surface area contributed by atoms with Crippen LogP contribution in [0.3, 0.4) is 0 Å². The highest BCUT2D eigenvalue weighted by molar-refractivity contribution is 7.21. The van der Waals surface area contributed by atoms with Gasteiger partial charge in [-0.05, 0) is 55.2 Å². The first kappa shape index (κ1) is 29.8. The van der Waals surface area contributed by atoms with Crippen molar-refractivity contribution in [3.8, 4) is 22.9 Å². The minimum Gasteiger partial charge on any atom is -0.497 e. The van der Waals surface area contributed by atoms with E-state index in [1.807, 2.05) is 35.2 Å². The van der Waals surface area contributed by atoms with Crippen molar-refractivity contribution in [1.82, 2.24) is 14.5 Å². The van der Waals surface area contributed by atoms with Crippen molar-refractivity contribution >= 4 is 44.2 Å². The Kier molecular flexibility index (Phi) is 8.63. The molecule has 6 rings (SSSR count). The van der Waals surface area contributed by atoms with Crippen LogP contribution in [-0.2, 0) is 17.8 Å². The van der Waals surface area contributed by atoms with Gasteiger partial charge < -0.3 is 14.4 Å². The number of anilines is 1. The van der Waals surface area contributed by atoms with E-state index in [9.17, 15) is 9.59 Å². The number of aryl methyl sites for hydroxylation is 1. The monoisotopic (exact) mass is 632 g/mol. The molecule has 1 atom stereocenters. The zero-order chi connectivity index (χ0) is 30.8. The molecule has 0 bridgehead atoms. The summed E-state index contributed by atoms with van der Waals surface area (Å²) in [6, 6.07) is 19.0. The van der Waals surface area contributed by atoms with Crippen LogP contribution in [0.25, 0.3) is 21.7 Å². The summed E-state index contributed by atoms with van der Waals surface area (Å²) in [5.41, 5.74) is 1.60. The zero-order valence-corrected chi connectivity index (χ0v) is 25.8. The number of nitrogens with zero attached hydrogens (tertiary/aromatic N) is 4. The van der Waals surface area contributed by atoms with E-state index in [2.05, 4.69) is 0 Å². The smallest absolute Gasteiger partial charge is 0.281 e. The van der Waals surface area contributed by atoms with E-state index in [1.54, 1.807) is 25.3 Å². The normalized spacial score (nSPS) is 14.7. The summed E-state index contributed by atoms with van der Waals surface area (Å²) in [6.07, 6.45) is 2.64. The fraction of sp³-hybridized carbons (Fsp3) is 0.273. The van der Waals surface area contributed by atoms with Gasteiger partial charge in [-0.3, -0.25) is 14.2 Å². The van der Waals surface area contributed by atoms with E-state index < -0.39 is 11.4 Å². The third-order valence-electron chi connectivity index (χ3n) is 7.87. The van der Waals surface area contributed by atoms with Gasteiger partial charge in [-0.1, -0.05) is 53.3 Å². The Balaban J connectivity index is 1.40. The van der Waals surface area contributed by atoms with E-state index in [0.717, 1.165) is 18.4 Å². The van der Waals surface area contributed by atoms with Crippen molar-refractivity contribution in [3.05, 3.63) is 99.1 Å². The summed E-state index contributed by atoms with van der Waals surface area (Å²) in [6.45, 7) is 0.683. The number of aromatic nitrogens is 3. The molecule has 1 aliphatic heterocycles. The Morgan fingerprint density at radius 1 is 1.07 bits per heavy atom. The third kappa shape index (κ3) is 5.92. The highest BCUT2D eigenvalue weighted by Gasteiger charge is 2.33. The Morgan fingerprint density at radius 2 is 1.89 bits per heavy atom. The first-order chi connectivity index (χ1) is 21.4. The second-order valence-electron chi connectivity index (χ2n) is 10.6. The van der Waals surface area contributed by atoms with Gasteiger partial charge >= 0.3 is 0 Å². The topological polar surface area (TPSA) is 86.5 Å². The molecule has 0 spiro atoms. The highest BCUT2D eigenvalue weighted by atomic mass is 35.5. The van der Waals surface area contributed by atoms with Crippen molar-refractivity contribution in [2.45, 2.75) is 38.3 Å². The van der Waals surface area contributed by atoms with Crippen LogP contribution in [0.5, 0.6) is 11.5 Å². The Bertz CT molecular complexity index is 1890. The molecule has 44 heavy (non-hydrogen) atoms. The molecule has 5 aromatic rings. The molecular weight excluding hydrogens is 603 g/mol. The van der Waals surface area contributed by atoms with Gasteiger partial charge in [0.2, 0.25) is 0 Å². The van der Waals surface area contributed by atoms with E-state index in [0.29, 0.717) is 51.4 Å². The number of halogens is 2. The predicted octanol–water partition coefficient (Wildman–Crippen LogP) is 6.55. The molecule has 11 heteroatoms. The van der Waals surface area contributed by atoms with Crippen LogP contribution in [0.1, 0.15) is 30.4 Å². The van der Waals surface area contributed by atoms with Gasteiger partial charge in [-0.2, -0.15) is 0 Å². The molecule has 1 fully saturated rings. The van der Waals surface area contributed by atoms with Crippen molar-refractivity contribution in [3.63, 3.8) is 0 Å². The largest absolute Gasteiger partial charge is 0.497 e. The van der Waals surface area contributed by atoms with Gasteiger partial charge in [0.05, 0.1) is 32.4 Å². The van der Waals surface area contributed by atoms with E-state index in [-0.39, 0.29) is 35.3 Å². The maximum atomic E-state index is 15.2. The number of ether oxygens (including phenoxy) is 2. The maximum absolute atomic E-state index is 15.2. The van der Waals surface area contributed by atoms with Gasteiger partial charge in [0, 0.05) is 29.6 Å². The van der Waals surface area contributed by atoms with Gasteiger partial charge in [-0.25, -0.2) is 14.4 Å². The van der Waals surface area contributed by atoms with Crippen LogP contribution in [0, 0.1) is 5.82 Å². The molecule has 8 nitrogen and oxygen atoms in total. The van der Waals surface area contributed by atoms with Crippen molar-refractivity contribution in [1.29, 1.82) is 0 Å². The second kappa shape index (κ2) is 12.8. The fourth-order valence-electron chi connectivity index (χ4n) is 5.60. The number of rotatable bonds is 10. The molecule has 3 heterocycles. The molecule has 0 aliphatic carbocycles. The summed E-state index contributed by atoms with van der Waals surface area (Å²) in [7, 11) is 3.08. The zero-order valence-electron chi connectivity index (χ0n) is 24.3. The number of fused-ring (bicyclic) bond motifs is 1. The van der Waals surface area contributed by atoms with Crippen LogP contribution in [0.15, 0.2) is 71.5 Å². The van der Waals surface area contributed by atoms with Gasteiger partial charge in [-0.15, -0.1) is 0 Å². The molecule has 226 valence electrons. The number of Topliss-reactive ketones (excluding diaryl/α,β-unsaturated/α-hetero) is 1. The van der Waals surface area contributed by atoms with Crippen LogP contribution in [0.2, 0.25) is 5.02 Å². The minimum atomic E-state index is -0.565. The number of carbonyl (C=O) groups is 1. The molecule has 3 aromatic carbocycles. The number of methoxy groups -OCH3 is 2. The van der Waals surface area contributed by atoms with Gasteiger partial charge in [0.15, 0.2) is 21.3 Å². The molecular formula is C33H30ClFN4O4S. The SMILES string of the molecule is COc1ccc(Cn2c(-c3cc(Cl)ccc3F)nc3sc(N4CCC[C@@H]4C(=O)CCc4ccccc4)nc3c2=O)c(OC)c1. The molecule has 0 unspecified atom stereocenters.